The minimum Gasteiger partial charge on any atom is -0.404 e. The van der Waals surface area contributed by atoms with Crippen LogP contribution < -0.4 is 16.4 Å². The van der Waals surface area contributed by atoms with Gasteiger partial charge in [0.25, 0.3) is 0 Å². The van der Waals surface area contributed by atoms with E-state index in [0.717, 1.165) is 12.5 Å². The predicted octanol–water partition coefficient (Wildman–Crippen LogP) is 2.91. The number of nitrogens with two attached hydrogens (primary N) is 1. The lowest BCUT2D eigenvalue weighted by Crippen LogP contribution is -2.44. The van der Waals surface area contributed by atoms with Crippen LogP contribution in [0.15, 0.2) is 11.2 Å². The highest BCUT2D eigenvalue weighted by Crippen LogP contribution is 2.21. The maximum atomic E-state index is 5.88. The Kier molecular flexibility index (Phi) is 8.47. The van der Waals surface area contributed by atoms with Crippen LogP contribution in [-0.4, -0.2) is 19.3 Å². The van der Waals surface area contributed by atoms with E-state index < -0.39 is 0 Å². The summed E-state index contributed by atoms with van der Waals surface area (Å²) in [7, 11) is 0. The number of nitrogens with one attached hydrogen (secondary N) is 2. The Balaban J connectivity index is 2.21. The SMILES string of the molecule is CCCCC1CCCC(NC/C(Cl)=C\N)NCC1. The number of halogens is 1. The summed E-state index contributed by atoms with van der Waals surface area (Å²) in [5.41, 5.74) is 5.35. The van der Waals surface area contributed by atoms with Gasteiger partial charge in [0.2, 0.25) is 0 Å². The molecule has 0 spiro atoms. The third-order valence-electron chi connectivity index (χ3n) is 3.71. The molecular formula is C14H28ClN3. The van der Waals surface area contributed by atoms with Crippen LogP contribution in [0.5, 0.6) is 0 Å². The smallest absolute Gasteiger partial charge is 0.0574 e. The van der Waals surface area contributed by atoms with E-state index in [4.69, 9.17) is 17.3 Å². The molecule has 18 heavy (non-hydrogen) atoms. The third kappa shape index (κ3) is 6.62. The average Bonchev–Trinajstić information content (AvgIpc) is 2.36. The number of unbranched alkanes of at least 4 members (excludes halogenated alkanes) is 1. The van der Waals surface area contributed by atoms with Gasteiger partial charge in [-0.1, -0.05) is 50.6 Å². The van der Waals surface area contributed by atoms with Crippen molar-refractivity contribution in [3.63, 3.8) is 0 Å². The average molecular weight is 274 g/mol. The van der Waals surface area contributed by atoms with Crippen LogP contribution in [0, 0.1) is 5.92 Å². The molecule has 2 atom stereocenters. The second kappa shape index (κ2) is 9.65. The van der Waals surface area contributed by atoms with E-state index in [9.17, 15) is 0 Å². The number of hydrogen-bond acceptors (Lipinski definition) is 3. The van der Waals surface area contributed by atoms with E-state index >= 15 is 0 Å². The Morgan fingerprint density at radius 1 is 1.44 bits per heavy atom. The maximum absolute atomic E-state index is 5.88. The van der Waals surface area contributed by atoms with E-state index in [1.165, 1.54) is 51.1 Å². The van der Waals surface area contributed by atoms with Crippen molar-refractivity contribution in [1.29, 1.82) is 0 Å². The van der Waals surface area contributed by atoms with Gasteiger partial charge in [0.15, 0.2) is 0 Å². The lowest BCUT2D eigenvalue weighted by atomic mass is 9.91. The van der Waals surface area contributed by atoms with E-state index in [0.29, 0.717) is 17.7 Å². The topological polar surface area (TPSA) is 50.1 Å². The minimum atomic E-state index is 0.380. The van der Waals surface area contributed by atoms with Crippen molar-refractivity contribution in [3.05, 3.63) is 11.2 Å². The first-order valence-electron chi connectivity index (χ1n) is 7.29. The molecule has 1 aliphatic heterocycles. The van der Waals surface area contributed by atoms with Crippen molar-refractivity contribution < 1.29 is 0 Å². The van der Waals surface area contributed by atoms with E-state index in [-0.39, 0.29) is 0 Å². The monoisotopic (exact) mass is 273 g/mol. The van der Waals surface area contributed by atoms with Crippen LogP contribution in [0.4, 0.5) is 0 Å². The predicted molar refractivity (Wildman–Crippen MR) is 79.4 cm³/mol. The van der Waals surface area contributed by atoms with Crippen LogP contribution in [0.2, 0.25) is 0 Å². The first kappa shape index (κ1) is 15.8. The fourth-order valence-corrected chi connectivity index (χ4v) is 2.63. The van der Waals surface area contributed by atoms with Gasteiger partial charge in [-0.25, -0.2) is 0 Å². The van der Waals surface area contributed by atoms with Crippen molar-refractivity contribution in [3.8, 4) is 0 Å². The van der Waals surface area contributed by atoms with Crippen molar-refractivity contribution in [2.24, 2.45) is 11.7 Å². The third-order valence-corrected chi connectivity index (χ3v) is 3.97. The molecule has 4 N–H and O–H groups in total. The molecule has 4 heteroatoms. The Morgan fingerprint density at radius 2 is 2.28 bits per heavy atom. The van der Waals surface area contributed by atoms with Crippen LogP contribution in [0.1, 0.15) is 51.9 Å². The molecule has 0 aromatic carbocycles. The molecule has 0 aromatic heterocycles. The molecule has 0 radical (unpaired) electrons. The highest BCUT2D eigenvalue weighted by atomic mass is 35.5. The van der Waals surface area contributed by atoms with E-state index in [2.05, 4.69) is 17.6 Å². The van der Waals surface area contributed by atoms with Crippen LogP contribution in [-0.2, 0) is 0 Å². The summed E-state index contributed by atoms with van der Waals surface area (Å²) >= 11 is 5.88. The van der Waals surface area contributed by atoms with Gasteiger partial charge < -0.3 is 11.1 Å². The van der Waals surface area contributed by atoms with Crippen molar-refractivity contribution in [2.75, 3.05) is 13.1 Å². The Labute approximate surface area is 117 Å². The zero-order valence-corrected chi connectivity index (χ0v) is 12.3. The Bertz CT molecular complexity index is 233. The lowest BCUT2D eigenvalue weighted by molar-refractivity contribution is 0.304. The molecule has 0 amide bonds. The highest BCUT2D eigenvalue weighted by molar-refractivity contribution is 6.29. The second-order valence-electron chi connectivity index (χ2n) is 5.23. The molecule has 3 nitrogen and oxygen atoms in total. The second-order valence-corrected chi connectivity index (χ2v) is 5.71. The molecule has 106 valence electrons. The molecule has 0 bridgehead atoms. The fourth-order valence-electron chi connectivity index (χ4n) is 2.55. The summed E-state index contributed by atoms with van der Waals surface area (Å²) in [5.74, 6) is 0.922. The Morgan fingerprint density at radius 3 is 3.00 bits per heavy atom. The lowest BCUT2D eigenvalue weighted by Gasteiger charge is -2.26. The minimum absolute atomic E-state index is 0.380. The van der Waals surface area contributed by atoms with Crippen molar-refractivity contribution in [1.82, 2.24) is 10.6 Å². The molecule has 1 fully saturated rings. The van der Waals surface area contributed by atoms with Gasteiger partial charge in [0, 0.05) is 17.8 Å². The van der Waals surface area contributed by atoms with Gasteiger partial charge in [-0.3, -0.25) is 5.32 Å². The Hall–Kier alpha value is -0.250. The van der Waals surface area contributed by atoms with Crippen LogP contribution >= 0.6 is 11.6 Å². The summed E-state index contributed by atoms with van der Waals surface area (Å²) in [6.45, 7) is 4.04. The van der Waals surface area contributed by atoms with Crippen LogP contribution in [0.3, 0.4) is 0 Å². The first-order chi connectivity index (χ1) is 8.76. The summed E-state index contributed by atoms with van der Waals surface area (Å²) in [5, 5.41) is 7.66. The summed E-state index contributed by atoms with van der Waals surface area (Å²) in [6, 6.07) is 0. The van der Waals surface area contributed by atoms with Gasteiger partial charge in [0.05, 0.1) is 6.17 Å². The zero-order chi connectivity index (χ0) is 13.2. The van der Waals surface area contributed by atoms with Crippen molar-refractivity contribution >= 4 is 11.6 Å². The van der Waals surface area contributed by atoms with E-state index in [1.54, 1.807) is 0 Å². The molecule has 1 heterocycles. The maximum Gasteiger partial charge on any atom is 0.0574 e. The molecule has 1 rings (SSSR count). The fraction of sp³-hybridized carbons (Fsp3) is 0.857. The standard InChI is InChI=1S/C14H28ClN3/c1-2-3-5-12-6-4-7-14(17-9-8-12)18-11-13(15)10-16/h10,12,14,17-18H,2-9,11,16H2,1H3/b13-10+. The molecular weight excluding hydrogens is 246 g/mol. The van der Waals surface area contributed by atoms with Gasteiger partial charge in [-0.15, -0.1) is 0 Å². The van der Waals surface area contributed by atoms with Crippen molar-refractivity contribution in [2.45, 2.75) is 58.0 Å². The molecule has 0 aliphatic carbocycles. The number of hydrogen-bond donors (Lipinski definition) is 3. The van der Waals surface area contributed by atoms with Crippen LogP contribution in [0.25, 0.3) is 0 Å². The van der Waals surface area contributed by atoms with E-state index in [1.807, 2.05) is 0 Å². The molecule has 0 aromatic rings. The van der Waals surface area contributed by atoms with Gasteiger partial charge in [-0.05, 0) is 25.3 Å². The molecule has 0 saturated carbocycles. The molecule has 1 saturated heterocycles. The summed E-state index contributed by atoms with van der Waals surface area (Å²) in [4.78, 5) is 0. The first-order valence-corrected chi connectivity index (χ1v) is 7.67. The zero-order valence-electron chi connectivity index (χ0n) is 11.6. The largest absolute Gasteiger partial charge is 0.404 e. The molecule has 2 unspecified atom stereocenters. The number of rotatable bonds is 6. The van der Waals surface area contributed by atoms with Gasteiger partial charge in [0.1, 0.15) is 0 Å². The molecule has 1 aliphatic rings. The summed E-state index contributed by atoms with van der Waals surface area (Å²) < 4.78 is 0. The normalized spacial score (nSPS) is 26.7. The van der Waals surface area contributed by atoms with Gasteiger partial charge >= 0.3 is 0 Å². The summed E-state index contributed by atoms with van der Waals surface area (Å²) in [6.07, 6.45) is 11.1. The highest BCUT2D eigenvalue weighted by Gasteiger charge is 2.15. The quantitative estimate of drug-likeness (QED) is 0.697. The van der Waals surface area contributed by atoms with Gasteiger partial charge in [-0.2, -0.15) is 0 Å².